The zero-order chi connectivity index (χ0) is 16.7. The van der Waals surface area contributed by atoms with E-state index in [1.807, 2.05) is 6.07 Å². The molecule has 6 heteroatoms. The van der Waals surface area contributed by atoms with Gasteiger partial charge in [0.25, 0.3) is 5.91 Å². The van der Waals surface area contributed by atoms with Gasteiger partial charge in [-0.1, -0.05) is 0 Å². The third-order valence-electron chi connectivity index (χ3n) is 4.23. The van der Waals surface area contributed by atoms with E-state index in [1.54, 1.807) is 24.3 Å². The molecule has 2 heterocycles. The van der Waals surface area contributed by atoms with Gasteiger partial charge in [0, 0.05) is 16.8 Å². The summed E-state index contributed by atoms with van der Waals surface area (Å²) in [5.41, 5.74) is 10.2. The first kappa shape index (κ1) is 14.7. The first-order valence-electron chi connectivity index (χ1n) is 7.68. The number of carbonyl (C=O) groups excluding carboxylic acids is 1. The molecule has 0 saturated carbocycles. The van der Waals surface area contributed by atoms with Crippen LogP contribution in [0.4, 0.5) is 11.4 Å². The Hall–Kier alpha value is -2.91. The van der Waals surface area contributed by atoms with Gasteiger partial charge in [-0.2, -0.15) is 5.26 Å². The zero-order valence-corrected chi connectivity index (χ0v) is 13.6. The summed E-state index contributed by atoms with van der Waals surface area (Å²) >= 11 is 1.32. The topological polar surface area (TPSA) is 91.8 Å². The van der Waals surface area contributed by atoms with Crippen LogP contribution in [0.2, 0.25) is 0 Å². The number of rotatable bonds is 2. The molecule has 1 aliphatic carbocycles. The molecule has 0 saturated heterocycles. The smallest absolute Gasteiger partial charge is 0.267 e. The van der Waals surface area contributed by atoms with E-state index in [9.17, 15) is 4.79 Å². The number of thiophene rings is 1. The van der Waals surface area contributed by atoms with Crippen LogP contribution in [-0.2, 0) is 12.8 Å². The summed E-state index contributed by atoms with van der Waals surface area (Å²) in [7, 11) is 0. The van der Waals surface area contributed by atoms with Crippen LogP contribution in [0.25, 0.3) is 10.2 Å². The number of nitrogens with two attached hydrogens (primary N) is 1. The number of aryl methyl sites for hydroxylation is 2. The number of benzene rings is 1. The van der Waals surface area contributed by atoms with E-state index < -0.39 is 0 Å². The van der Waals surface area contributed by atoms with Crippen molar-refractivity contribution in [2.24, 2.45) is 0 Å². The average molecular weight is 334 g/mol. The summed E-state index contributed by atoms with van der Waals surface area (Å²) in [6, 6.07) is 10.9. The number of nitrogen functional groups attached to an aromatic ring is 1. The highest BCUT2D eigenvalue weighted by Crippen LogP contribution is 2.36. The predicted octanol–water partition coefficient (Wildman–Crippen LogP) is 3.49. The largest absolute Gasteiger partial charge is 0.397 e. The van der Waals surface area contributed by atoms with Crippen molar-refractivity contribution < 1.29 is 4.79 Å². The van der Waals surface area contributed by atoms with Gasteiger partial charge in [0.05, 0.1) is 17.3 Å². The lowest BCUT2D eigenvalue weighted by Gasteiger charge is -2.04. The first-order chi connectivity index (χ1) is 11.7. The van der Waals surface area contributed by atoms with Crippen LogP contribution in [0.15, 0.2) is 30.3 Å². The molecule has 5 nitrogen and oxygen atoms in total. The summed E-state index contributed by atoms with van der Waals surface area (Å²) in [6.07, 6.45) is 3.15. The van der Waals surface area contributed by atoms with E-state index in [-0.39, 0.29) is 5.91 Å². The molecular formula is C18H14N4OS. The fourth-order valence-corrected chi connectivity index (χ4v) is 3.97. The summed E-state index contributed by atoms with van der Waals surface area (Å²) in [6.45, 7) is 0. The van der Waals surface area contributed by atoms with Crippen molar-refractivity contribution in [3.63, 3.8) is 0 Å². The number of aromatic nitrogens is 1. The van der Waals surface area contributed by atoms with Crippen molar-refractivity contribution in [2.45, 2.75) is 19.3 Å². The van der Waals surface area contributed by atoms with Crippen LogP contribution in [0, 0.1) is 11.3 Å². The molecule has 1 amide bonds. The molecule has 3 N–H and O–H groups in total. The number of fused-ring (bicyclic) bond motifs is 2. The van der Waals surface area contributed by atoms with Crippen LogP contribution in [0.1, 0.15) is 32.9 Å². The molecule has 2 aromatic heterocycles. The van der Waals surface area contributed by atoms with Crippen LogP contribution in [0.3, 0.4) is 0 Å². The van der Waals surface area contributed by atoms with Gasteiger partial charge in [0.2, 0.25) is 0 Å². The number of anilines is 2. The van der Waals surface area contributed by atoms with E-state index in [0.717, 1.165) is 35.2 Å². The minimum absolute atomic E-state index is 0.250. The van der Waals surface area contributed by atoms with Crippen molar-refractivity contribution in [1.29, 1.82) is 5.26 Å². The molecule has 0 radical (unpaired) electrons. The second-order valence-electron chi connectivity index (χ2n) is 5.79. The molecular weight excluding hydrogens is 320 g/mol. The van der Waals surface area contributed by atoms with E-state index in [0.29, 0.717) is 21.8 Å². The Balaban J connectivity index is 1.66. The lowest BCUT2D eigenvalue weighted by molar-refractivity contribution is 0.103. The molecule has 0 unspecified atom stereocenters. The summed E-state index contributed by atoms with van der Waals surface area (Å²) < 4.78 is 0. The normalized spacial score (nSPS) is 12.8. The Morgan fingerprint density at radius 3 is 2.83 bits per heavy atom. The number of nitrogens with one attached hydrogen (secondary N) is 1. The minimum Gasteiger partial charge on any atom is -0.397 e. The van der Waals surface area contributed by atoms with E-state index >= 15 is 0 Å². The van der Waals surface area contributed by atoms with E-state index in [4.69, 9.17) is 11.0 Å². The molecule has 0 bridgehead atoms. The van der Waals surface area contributed by atoms with Crippen molar-refractivity contribution in [3.05, 3.63) is 52.0 Å². The second-order valence-corrected chi connectivity index (χ2v) is 6.79. The monoisotopic (exact) mass is 334 g/mol. The number of hydrogen-bond acceptors (Lipinski definition) is 5. The van der Waals surface area contributed by atoms with Crippen LogP contribution in [0.5, 0.6) is 0 Å². The Morgan fingerprint density at radius 1 is 1.29 bits per heavy atom. The predicted molar refractivity (Wildman–Crippen MR) is 95.2 cm³/mol. The Bertz CT molecular complexity index is 999. The molecule has 24 heavy (non-hydrogen) atoms. The first-order valence-corrected chi connectivity index (χ1v) is 8.49. The number of carbonyl (C=O) groups is 1. The lowest BCUT2D eigenvalue weighted by Crippen LogP contribution is -2.11. The highest BCUT2D eigenvalue weighted by molar-refractivity contribution is 7.21. The maximum absolute atomic E-state index is 12.5. The molecule has 0 aliphatic heterocycles. The number of nitrogens with zero attached hydrogens (tertiary/aromatic N) is 2. The maximum atomic E-state index is 12.5. The van der Waals surface area contributed by atoms with Crippen molar-refractivity contribution in [3.8, 4) is 6.07 Å². The Labute approximate surface area is 142 Å². The highest BCUT2D eigenvalue weighted by Gasteiger charge is 2.21. The quantitative estimate of drug-likeness (QED) is 0.750. The average Bonchev–Trinajstić information content (AvgIpc) is 3.18. The third-order valence-corrected chi connectivity index (χ3v) is 5.34. The summed E-state index contributed by atoms with van der Waals surface area (Å²) in [4.78, 5) is 18.5. The number of hydrogen-bond donors (Lipinski definition) is 2. The van der Waals surface area contributed by atoms with Gasteiger partial charge in [-0.05, 0) is 55.2 Å². The SMILES string of the molecule is N#Cc1ccc(NC(=O)c2sc3nc4c(cc3c2N)CCC4)cc1. The maximum Gasteiger partial charge on any atom is 0.267 e. The fourth-order valence-electron chi connectivity index (χ4n) is 2.98. The van der Waals surface area contributed by atoms with Crippen LogP contribution < -0.4 is 11.1 Å². The van der Waals surface area contributed by atoms with Crippen LogP contribution in [-0.4, -0.2) is 10.9 Å². The molecule has 1 aromatic carbocycles. The summed E-state index contributed by atoms with van der Waals surface area (Å²) in [5.74, 6) is -0.250. The number of nitriles is 1. The standard InChI is InChI=1S/C18H14N4OS/c19-9-10-4-6-12(7-5-10)21-17(23)16-15(20)13-8-11-2-1-3-14(11)22-18(13)24-16/h4-8H,1-3,20H2,(H,21,23). The summed E-state index contributed by atoms with van der Waals surface area (Å²) in [5, 5.41) is 12.5. The zero-order valence-electron chi connectivity index (χ0n) is 12.8. The molecule has 0 fully saturated rings. The molecule has 4 rings (SSSR count). The minimum atomic E-state index is -0.250. The van der Waals surface area contributed by atoms with Crippen molar-refractivity contribution in [1.82, 2.24) is 4.98 Å². The molecule has 3 aromatic rings. The molecule has 118 valence electrons. The van der Waals surface area contributed by atoms with Gasteiger partial charge in [-0.25, -0.2) is 4.98 Å². The van der Waals surface area contributed by atoms with Gasteiger partial charge in [0.1, 0.15) is 9.71 Å². The molecule has 0 spiro atoms. The fraction of sp³-hybridized carbons (Fsp3) is 0.167. The van der Waals surface area contributed by atoms with E-state index in [2.05, 4.69) is 16.4 Å². The van der Waals surface area contributed by atoms with Gasteiger partial charge >= 0.3 is 0 Å². The second kappa shape index (κ2) is 5.62. The molecule has 0 atom stereocenters. The van der Waals surface area contributed by atoms with Crippen LogP contribution >= 0.6 is 11.3 Å². The van der Waals surface area contributed by atoms with Gasteiger partial charge in [-0.15, -0.1) is 11.3 Å². The third kappa shape index (κ3) is 2.39. The van der Waals surface area contributed by atoms with E-state index in [1.165, 1.54) is 16.9 Å². The number of amides is 1. The van der Waals surface area contributed by atoms with Gasteiger partial charge in [0.15, 0.2) is 0 Å². The lowest BCUT2D eigenvalue weighted by atomic mass is 10.1. The Morgan fingerprint density at radius 2 is 2.08 bits per heavy atom. The van der Waals surface area contributed by atoms with Gasteiger partial charge in [-0.3, -0.25) is 4.79 Å². The Kier molecular flexibility index (Phi) is 3.44. The number of pyridine rings is 1. The molecule has 1 aliphatic rings. The van der Waals surface area contributed by atoms with Crippen molar-refractivity contribution in [2.75, 3.05) is 11.1 Å². The van der Waals surface area contributed by atoms with Gasteiger partial charge < -0.3 is 11.1 Å². The highest BCUT2D eigenvalue weighted by atomic mass is 32.1. The van der Waals surface area contributed by atoms with Crippen molar-refractivity contribution >= 4 is 38.8 Å².